The van der Waals surface area contributed by atoms with Crippen molar-refractivity contribution in [2.45, 2.75) is 6.92 Å². The molecule has 0 bridgehead atoms. The lowest BCUT2D eigenvalue weighted by Crippen LogP contribution is -2.18. The van der Waals surface area contributed by atoms with Gasteiger partial charge in [0.1, 0.15) is 10.7 Å². The van der Waals surface area contributed by atoms with Gasteiger partial charge in [-0.05, 0) is 70.9 Å². The molecule has 0 atom stereocenters. The van der Waals surface area contributed by atoms with E-state index < -0.39 is 11.7 Å². The monoisotopic (exact) mass is 533 g/mol. The quantitative estimate of drug-likeness (QED) is 0.228. The summed E-state index contributed by atoms with van der Waals surface area (Å²) in [7, 11) is 0. The molecule has 162 valence electrons. The molecule has 0 spiro atoms. The van der Waals surface area contributed by atoms with Gasteiger partial charge in [0, 0.05) is 15.8 Å². The van der Waals surface area contributed by atoms with Gasteiger partial charge in [-0.1, -0.05) is 23.7 Å². The van der Waals surface area contributed by atoms with Crippen LogP contribution >= 0.6 is 38.9 Å². The molecule has 0 aliphatic heterocycles. The third-order valence-electron chi connectivity index (χ3n) is 4.48. The lowest BCUT2D eigenvalue weighted by Gasteiger charge is -2.06. The Morgan fingerprint density at radius 1 is 1.09 bits per heavy atom. The predicted octanol–water partition coefficient (Wildman–Crippen LogP) is 6.46. The molecular formula is C22H14BrClFN3O3S. The summed E-state index contributed by atoms with van der Waals surface area (Å²) < 4.78 is 19.7. The number of thiophene rings is 1. The highest BCUT2D eigenvalue weighted by Crippen LogP contribution is 2.35. The summed E-state index contributed by atoms with van der Waals surface area (Å²) in [6, 6.07) is 14.3. The Hall–Kier alpha value is -3.01. The van der Waals surface area contributed by atoms with Gasteiger partial charge in [-0.2, -0.15) is 5.10 Å². The van der Waals surface area contributed by atoms with Crippen molar-refractivity contribution in [2.75, 3.05) is 5.32 Å². The van der Waals surface area contributed by atoms with Crippen molar-refractivity contribution in [3.63, 3.8) is 0 Å². The molecule has 10 heteroatoms. The van der Waals surface area contributed by atoms with Crippen molar-refractivity contribution < 1.29 is 18.4 Å². The van der Waals surface area contributed by atoms with Gasteiger partial charge in [-0.15, -0.1) is 11.3 Å². The zero-order valence-corrected chi connectivity index (χ0v) is 19.6. The van der Waals surface area contributed by atoms with Crippen molar-refractivity contribution in [1.82, 2.24) is 5.43 Å². The van der Waals surface area contributed by atoms with Crippen molar-refractivity contribution in [1.29, 1.82) is 0 Å². The molecule has 32 heavy (non-hydrogen) atoms. The number of anilines is 1. The number of carbonyl (C=O) groups is 2. The van der Waals surface area contributed by atoms with Gasteiger partial charge in [0.15, 0.2) is 10.4 Å². The van der Waals surface area contributed by atoms with Crippen LogP contribution in [0.2, 0.25) is 5.02 Å². The minimum absolute atomic E-state index is 0.184. The van der Waals surface area contributed by atoms with Crippen molar-refractivity contribution in [3.05, 3.63) is 86.3 Å². The summed E-state index contributed by atoms with van der Waals surface area (Å²) >= 11 is 10.5. The lowest BCUT2D eigenvalue weighted by atomic mass is 10.1. The molecule has 2 aromatic heterocycles. The normalized spacial score (nSPS) is 11.6. The number of fused-ring (bicyclic) bond motifs is 1. The summed E-state index contributed by atoms with van der Waals surface area (Å²) in [6.45, 7) is 1.73. The summed E-state index contributed by atoms with van der Waals surface area (Å²) in [5.74, 6) is -1.07. The van der Waals surface area contributed by atoms with E-state index in [9.17, 15) is 14.0 Å². The number of carbonyl (C=O) groups excluding carboxylic acids is 2. The number of nitrogens with one attached hydrogen (secondary N) is 2. The SMILES string of the molecule is C/C(=N/NC(=O)c1sc2cc(F)ccc2c1Cl)c1ccc(NC(=O)c2ccc(Br)o2)cc1. The molecular weight excluding hydrogens is 521 g/mol. The molecule has 4 aromatic rings. The van der Waals surface area contributed by atoms with Crippen LogP contribution in [0.1, 0.15) is 32.7 Å². The average Bonchev–Trinajstić information content (AvgIpc) is 3.35. The van der Waals surface area contributed by atoms with E-state index >= 15 is 0 Å². The number of hydrogen-bond donors (Lipinski definition) is 2. The van der Waals surface area contributed by atoms with E-state index in [1.165, 1.54) is 12.1 Å². The Kier molecular flexibility index (Phi) is 6.40. The number of hydrazone groups is 1. The molecule has 2 aromatic carbocycles. The third kappa shape index (κ3) is 4.74. The topological polar surface area (TPSA) is 83.7 Å². The maximum Gasteiger partial charge on any atom is 0.291 e. The number of rotatable bonds is 5. The molecule has 6 nitrogen and oxygen atoms in total. The molecule has 2 amide bonds. The van der Waals surface area contributed by atoms with Gasteiger partial charge < -0.3 is 9.73 Å². The Balaban J connectivity index is 1.43. The van der Waals surface area contributed by atoms with Crippen LogP contribution in [0.5, 0.6) is 0 Å². The molecule has 0 fully saturated rings. The van der Waals surface area contributed by atoms with Gasteiger partial charge in [-0.3, -0.25) is 9.59 Å². The largest absolute Gasteiger partial charge is 0.444 e. The molecule has 0 saturated carbocycles. The van der Waals surface area contributed by atoms with E-state index in [2.05, 4.69) is 31.8 Å². The first-order valence-corrected chi connectivity index (χ1v) is 11.2. The summed E-state index contributed by atoms with van der Waals surface area (Å²) in [4.78, 5) is 24.9. The second-order valence-corrected chi connectivity index (χ2v) is 8.87. The van der Waals surface area contributed by atoms with Crippen LogP contribution in [0, 0.1) is 5.82 Å². The van der Waals surface area contributed by atoms with Gasteiger partial charge >= 0.3 is 0 Å². The molecule has 2 heterocycles. The Bertz CT molecular complexity index is 1360. The number of hydrogen-bond acceptors (Lipinski definition) is 5. The highest BCUT2D eigenvalue weighted by atomic mass is 79.9. The van der Waals surface area contributed by atoms with Crippen molar-refractivity contribution in [3.8, 4) is 0 Å². The van der Waals surface area contributed by atoms with E-state index in [-0.39, 0.29) is 21.6 Å². The van der Waals surface area contributed by atoms with E-state index in [1.807, 2.05) is 0 Å². The Morgan fingerprint density at radius 3 is 2.53 bits per heavy atom. The zero-order valence-electron chi connectivity index (χ0n) is 16.4. The average molecular weight is 535 g/mol. The second-order valence-electron chi connectivity index (χ2n) is 6.66. The minimum Gasteiger partial charge on any atom is -0.444 e. The maximum atomic E-state index is 13.4. The van der Waals surface area contributed by atoms with Crippen LogP contribution in [-0.4, -0.2) is 17.5 Å². The fourth-order valence-electron chi connectivity index (χ4n) is 2.86. The first-order valence-electron chi connectivity index (χ1n) is 9.21. The molecule has 4 rings (SSSR count). The van der Waals surface area contributed by atoms with Crippen molar-refractivity contribution in [2.24, 2.45) is 5.10 Å². The van der Waals surface area contributed by atoms with Crippen LogP contribution in [0.15, 0.2) is 68.8 Å². The van der Waals surface area contributed by atoms with E-state index in [0.29, 0.717) is 26.2 Å². The second kappa shape index (κ2) is 9.23. The molecule has 0 aliphatic rings. The summed E-state index contributed by atoms with van der Waals surface area (Å²) in [5.41, 5.74) is 4.35. The fourth-order valence-corrected chi connectivity index (χ4v) is 4.60. The number of amides is 2. The predicted molar refractivity (Wildman–Crippen MR) is 127 cm³/mol. The Morgan fingerprint density at radius 2 is 1.84 bits per heavy atom. The van der Waals surface area contributed by atoms with Crippen molar-refractivity contribution >= 4 is 72.2 Å². The number of halogens is 3. The van der Waals surface area contributed by atoms with E-state index in [1.54, 1.807) is 49.4 Å². The standard InChI is InChI=1S/C22H14BrClFN3O3S/c1-11(12-2-5-14(6-3-12)26-21(29)16-8-9-18(23)31-16)27-28-22(30)20-19(24)15-7-4-13(25)10-17(15)32-20/h2-10H,1H3,(H,26,29)(H,28,30)/b27-11-. The zero-order chi connectivity index (χ0) is 22.8. The summed E-state index contributed by atoms with van der Waals surface area (Å²) in [6.07, 6.45) is 0. The van der Waals surface area contributed by atoms with Crippen LogP contribution in [-0.2, 0) is 0 Å². The highest BCUT2D eigenvalue weighted by Gasteiger charge is 2.17. The molecule has 0 unspecified atom stereocenters. The molecule has 0 aliphatic carbocycles. The number of benzene rings is 2. The number of nitrogens with zero attached hydrogens (tertiary/aromatic N) is 1. The maximum absolute atomic E-state index is 13.4. The Labute approximate surface area is 199 Å². The molecule has 0 saturated heterocycles. The highest BCUT2D eigenvalue weighted by molar-refractivity contribution is 9.10. The third-order valence-corrected chi connectivity index (χ3v) is 6.56. The van der Waals surface area contributed by atoms with Gasteiger partial charge in [-0.25, -0.2) is 9.82 Å². The summed E-state index contributed by atoms with van der Waals surface area (Å²) in [5, 5.41) is 7.73. The van der Waals surface area contributed by atoms with Crippen LogP contribution < -0.4 is 10.7 Å². The first-order chi connectivity index (χ1) is 15.3. The van der Waals surface area contributed by atoms with Gasteiger partial charge in [0.2, 0.25) is 0 Å². The van der Waals surface area contributed by atoms with Crippen LogP contribution in [0.3, 0.4) is 0 Å². The van der Waals surface area contributed by atoms with Gasteiger partial charge in [0.05, 0.1) is 10.7 Å². The molecule has 2 N–H and O–H groups in total. The van der Waals surface area contributed by atoms with Crippen LogP contribution in [0.25, 0.3) is 10.1 Å². The first kappa shape index (κ1) is 22.2. The van der Waals surface area contributed by atoms with E-state index in [4.69, 9.17) is 16.0 Å². The fraction of sp³-hybridized carbons (Fsp3) is 0.0455. The smallest absolute Gasteiger partial charge is 0.291 e. The molecule has 0 radical (unpaired) electrons. The minimum atomic E-state index is -0.482. The van der Waals surface area contributed by atoms with Gasteiger partial charge in [0.25, 0.3) is 11.8 Å². The number of furan rings is 1. The lowest BCUT2D eigenvalue weighted by molar-refractivity contribution is 0.0957. The van der Waals surface area contributed by atoms with Crippen LogP contribution in [0.4, 0.5) is 10.1 Å². The van der Waals surface area contributed by atoms with E-state index in [0.717, 1.165) is 16.9 Å².